The Balaban J connectivity index is 1.99. The number of aromatic amines is 1. The van der Waals surface area contributed by atoms with Gasteiger partial charge in [0.1, 0.15) is 5.82 Å². The maximum Gasteiger partial charge on any atom is 0.257 e. The standard InChI is InChI=1S/C21H23N3O4S/c1-21(2)8-11-16(13(26)9-21)15(10-5-6-12(25)14(7-10)28-3)17-18(22-11)23-20(29-4)24-19(17)27/h5-7,15,25H,8-9H2,1-4H3,(H2,22,23,24,27). The number of carbonyl (C=O) groups is 1. The number of rotatable bonds is 3. The van der Waals surface area contributed by atoms with Gasteiger partial charge in [0, 0.05) is 23.6 Å². The molecule has 4 rings (SSSR count). The lowest BCUT2D eigenvalue weighted by Gasteiger charge is -2.38. The molecule has 0 bridgehead atoms. The minimum absolute atomic E-state index is 0.000445. The Hall–Kier alpha value is -2.74. The van der Waals surface area contributed by atoms with Crippen LogP contribution in [0.15, 0.2) is 39.4 Å². The van der Waals surface area contributed by atoms with E-state index in [1.54, 1.807) is 12.1 Å². The largest absolute Gasteiger partial charge is 0.504 e. The van der Waals surface area contributed by atoms with Crippen LogP contribution < -0.4 is 15.6 Å². The molecule has 0 amide bonds. The molecule has 0 radical (unpaired) electrons. The number of hydrogen-bond donors (Lipinski definition) is 3. The molecule has 1 aliphatic carbocycles. The Labute approximate surface area is 172 Å². The molecule has 2 heterocycles. The van der Waals surface area contributed by atoms with Gasteiger partial charge in [0.05, 0.1) is 12.7 Å². The summed E-state index contributed by atoms with van der Waals surface area (Å²) in [6.07, 6.45) is 2.93. The average molecular weight is 413 g/mol. The fourth-order valence-corrected chi connectivity index (χ4v) is 4.57. The number of Topliss-reactive ketones (excluding diaryl/α,β-unsaturated/α-hetero) is 1. The number of thioether (sulfide) groups is 1. The van der Waals surface area contributed by atoms with Crippen molar-refractivity contribution in [3.05, 3.63) is 50.9 Å². The number of ether oxygens (including phenoxy) is 1. The molecule has 0 fully saturated rings. The van der Waals surface area contributed by atoms with Crippen molar-refractivity contribution in [2.45, 2.75) is 37.8 Å². The normalized spacial score (nSPS) is 20.0. The molecule has 8 heteroatoms. The van der Waals surface area contributed by atoms with Crippen LogP contribution in [-0.4, -0.2) is 34.2 Å². The minimum Gasteiger partial charge on any atom is -0.504 e. The van der Waals surface area contributed by atoms with Crippen LogP contribution in [-0.2, 0) is 4.79 Å². The summed E-state index contributed by atoms with van der Waals surface area (Å²) in [6, 6.07) is 4.91. The average Bonchev–Trinajstić information content (AvgIpc) is 2.65. The Bertz CT molecular complexity index is 1100. The van der Waals surface area contributed by atoms with Crippen molar-refractivity contribution in [1.82, 2.24) is 9.97 Å². The minimum atomic E-state index is -0.577. The molecule has 1 aromatic carbocycles. The zero-order valence-corrected chi connectivity index (χ0v) is 17.6. The molecule has 1 atom stereocenters. The Kier molecular flexibility index (Phi) is 4.69. The van der Waals surface area contributed by atoms with Crippen LogP contribution in [0.3, 0.4) is 0 Å². The van der Waals surface area contributed by atoms with E-state index < -0.39 is 5.92 Å². The van der Waals surface area contributed by atoms with Crippen LogP contribution in [0, 0.1) is 5.41 Å². The first kappa shape index (κ1) is 19.6. The van der Waals surface area contributed by atoms with E-state index in [-0.39, 0.29) is 22.5 Å². The van der Waals surface area contributed by atoms with Crippen molar-refractivity contribution in [1.29, 1.82) is 0 Å². The van der Waals surface area contributed by atoms with Crippen LogP contribution in [0.2, 0.25) is 0 Å². The number of H-pyrrole nitrogens is 1. The molecule has 29 heavy (non-hydrogen) atoms. The number of methoxy groups -OCH3 is 1. The molecular formula is C21H23N3O4S. The zero-order chi connectivity index (χ0) is 20.9. The number of allylic oxidation sites excluding steroid dienone is 2. The molecule has 3 N–H and O–H groups in total. The van der Waals surface area contributed by atoms with E-state index in [0.29, 0.717) is 46.3 Å². The molecule has 2 aliphatic rings. The number of anilines is 1. The quantitative estimate of drug-likeness (QED) is 0.523. The number of phenols is 1. The van der Waals surface area contributed by atoms with Crippen molar-refractivity contribution in [2.24, 2.45) is 5.41 Å². The smallest absolute Gasteiger partial charge is 0.257 e. The predicted octanol–water partition coefficient (Wildman–Crippen LogP) is 3.41. The Morgan fingerprint density at radius 3 is 2.72 bits per heavy atom. The summed E-state index contributed by atoms with van der Waals surface area (Å²) in [5.41, 5.74) is 2.04. The van der Waals surface area contributed by atoms with E-state index in [2.05, 4.69) is 29.1 Å². The number of aromatic nitrogens is 2. The highest BCUT2D eigenvalue weighted by Crippen LogP contribution is 2.48. The summed E-state index contributed by atoms with van der Waals surface area (Å²) in [4.78, 5) is 33.5. The Morgan fingerprint density at radius 1 is 1.28 bits per heavy atom. The van der Waals surface area contributed by atoms with Gasteiger partial charge in [-0.3, -0.25) is 9.59 Å². The molecule has 0 saturated heterocycles. The van der Waals surface area contributed by atoms with Crippen molar-refractivity contribution in [3.63, 3.8) is 0 Å². The number of hydrogen-bond acceptors (Lipinski definition) is 7. The number of benzene rings is 1. The van der Waals surface area contributed by atoms with Crippen molar-refractivity contribution < 1.29 is 14.6 Å². The van der Waals surface area contributed by atoms with Gasteiger partial charge < -0.3 is 20.1 Å². The molecular weight excluding hydrogens is 390 g/mol. The van der Waals surface area contributed by atoms with Crippen LogP contribution >= 0.6 is 11.8 Å². The fraction of sp³-hybridized carbons (Fsp3) is 0.381. The summed E-state index contributed by atoms with van der Waals surface area (Å²) in [5.74, 6) is 0.199. The number of aromatic hydroxyl groups is 1. The topological polar surface area (TPSA) is 104 Å². The van der Waals surface area contributed by atoms with Crippen molar-refractivity contribution >= 4 is 23.4 Å². The van der Waals surface area contributed by atoms with Crippen LogP contribution in [0.4, 0.5) is 5.82 Å². The fourth-order valence-electron chi connectivity index (χ4n) is 4.20. The molecule has 1 aromatic heterocycles. The van der Waals surface area contributed by atoms with Crippen LogP contribution in [0.5, 0.6) is 11.5 Å². The van der Waals surface area contributed by atoms with Crippen molar-refractivity contribution in [2.75, 3.05) is 18.7 Å². The maximum absolute atomic E-state index is 13.2. The molecule has 1 aliphatic heterocycles. The summed E-state index contributed by atoms with van der Waals surface area (Å²) in [7, 11) is 1.47. The SMILES string of the molecule is COc1cc(C2C3=C(CC(C)(C)CC3=O)Nc3nc(SC)[nH]c(=O)c32)ccc1O. The van der Waals surface area contributed by atoms with E-state index in [1.165, 1.54) is 24.9 Å². The third kappa shape index (κ3) is 3.31. The summed E-state index contributed by atoms with van der Waals surface area (Å²) in [6.45, 7) is 4.12. The van der Waals surface area contributed by atoms with Gasteiger partial charge in [0.25, 0.3) is 5.56 Å². The zero-order valence-electron chi connectivity index (χ0n) is 16.8. The van der Waals surface area contributed by atoms with E-state index in [9.17, 15) is 14.7 Å². The first-order valence-electron chi connectivity index (χ1n) is 9.32. The van der Waals surface area contributed by atoms with E-state index in [4.69, 9.17) is 4.74 Å². The summed E-state index contributed by atoms with van der Waals surface area (Å²) in [5, 5.41) is 13.8. The second-order valence-corrected chi connectivity index (χ2v) is 8.95. The molecule has 0 spiro atoms. The lowest BCUT2D eigenvalue weighted by molar-refractivity contribution is -0.118. The molecule has 7 nitrogen and oxygen atoms in total. The molecule has 0 saturated carbocycles. The third-order valence-corrected chi connectivity index (χ3v) is 6.01. The van der Waals surface area contributed by atoms with E-state index in [1.807, 2.05) is 6.26 Å². The lowest BCUT2D eigenvalue weighted by atomic mass is 9.69. The summed E-state index contributed by atoms with van der Waals surface area (Å²) >= 11 is 1.35. The maximum atomic E-state index is 13.2. The highest BCUT2D eigenvalue weighted by molar-refractivity contribution is 7.98. The predicted molar refractivity (Wildman–Crippen MR) is 112 cm³/mol. The van der Waals surface area contributed by atoms with Gasteiger partial charge in [-0.25, -0.2) is 4.98 Å². The van der Waals surface area contributed by atoms with E-state index in [0.717, 1.165) is 5.70 Å². The first-order chi connectivity index (χ1) is 13.7. The van der Waals surface area contributed by atoms with Gasteiger partial charge >= 0.3 is 0 Å². The first-order valence-corrected chi connectivity index (χ1v) is 10.5. The van der Waals surface area contributed by atoms with Crippen molar-refractivity contribution in [3.8, 4) is 11.5 Å². The Morgan fingerprint density at radius 2 is 2.03 bits per heavy atom. The number of nitrogens with zero attached hydrogens (tertiary/aromatic N) is 1. The molecule has 152 valence electrons. The lowest BCUT2D eigenvalue weighted by Crippen LogP contribution is -2.37. The number of carbonyl (C=O) groups excluding carboxylic acids is 1. The second kappa shape index (κ2) is 6.95. The van der Waals surface area contributed by atoms with Gasteiger partial charge in [0.15, 0.2) is 22.4 Å². The van der Waals surface area contributed by atoms with Gasteiger partial charge in [-0.15, -0.1) is 0 Å². The highest BCUT2D eigenvalue weighted by atomic mass is 32.2. The van der Waals surface area contributed by atoms with Gasteiger partial charge in [-0.05, 0) is 35.8 Å². The third-order valence-electron chi connectivity index (χ3n) is 5.43. The number of phenolic OH excluding ortho intramolecular Hbond substituents is 1. The molecule has 2 aromatic rings. The summed E-state index contributed by atoms with van der Waals surface area (Å²) < 4.78 is 5.26. The number of nitrogens with one attached hydrogen (secondary N) is 2. The van der Waals surface area contributed by atoms with Gasteiger partial charge in [-0.1, -0.05) is 31.7 Å². The van der Waals surface area contributed by atoms with Gasteiger partial charge in [-0.2, -0.15) is 0 Å². The van der Waals surface area contributed by atoms with Gasteiger partial charge in [0.2, 0.25) is 0 Å². The van der Waals surface area contributed by atoms with Crippen LogP contribution in [0.1, 0.15) is 43.7 Å². The number of ketones is 1. The van der Waals surface area contributed by atoms with E-state index >= 15 is 0 Å². The second-order valence-electron chi connectivity index (χ2n) is 8.16. The molecule has 1 unspecified atom stereocenters. The number of fused-ring (bicyclic) bond motifs is 1. The highest BCUT2D eigenvalue weighted by Gasteiger charge is 2.42. The van der Waals surface area contributed by atoms with Crippen LogP contribution in [0.25, 0.3) is 0 Å². The monoisotopic (exact) mass is 413 g/mol.